The molecule has 0 bridgehead atoms. The van der Waals surface area contributed by atoms with Crippen molar-refractivity contribution in [3.8, 4) is 5.75 Å². The summed E-state index contributed by atoms with van der Waals surface area (Å²) in [6.07, 6.45) is 8.47. The van der Waals surface area contributed by atoms with Gasteiger partial charge in [-0.05, 0) is 36.1 Å². The molecule has 0 spiro atoms. The van der Waals surface area contributed by atoms with Crippen LogP contribution in [0, 0.1) is 5.92 Å². The van der Waals surface area contributed by atoms with Crippen LogP contribution in [-0.2, 0) is 4.79 Å². The summed E-state index contributed by atoms with van der Waals surface area (Å²) in [5.41, 5.74) is 0.977. The van der Waals surface area contributed by atoms with E-state index in [9.17, 15) is 4.79 Å². The molecular weight excluding hydrogens is 314 g/mol. The van der Waals surface area contributed by atoms with E-state index >= 15 is 0 Å². The maximum Gasteiger partial charge on any atom is 0.263 e. The van der Waals surface area contributed by atoms with E-state index in [1.165, 1.54) is 37.4 Å². The van der Waals surface area contributed by atoms with Gasteiger partial charge in [-0.25, -0.2) is 0 Å². The first kappa shape index (κ1) is 15.6. The number of ether oxygens (including phenoxy) is 1. The van der Waals surface area contributed by atoms with Crippen molar-refractivity contribution in [1.29, 1.82) is 0 Å². The smallest absolute Gasteiger partial charge is 0.263 e. The van der Waals surface area contributed by atoms with Gasteiger partial charge in [-0.1, -0.05) is 61.8 Å². The Labute approximate surface area is 140 Å². The standard InChI is InChI=1S/C17H19NO2S2/c19-16-15(22-17(21)18-16)11-13-5-7-14(8-6-13)20-10-9-12-3-1-2-4-12/h5-8,11-12H,1-4,9-10H2,(H,18,19,21). The Morgan fingerprint density at radius 3 is 2.64 bits per heavy atom. The van der Waals surface area contributed by atoms with E-state index in [0.717, 1.165) is 30.3 Å². The lowest BCUT2D eigenvalue weighted by Crippen LogP contribution is -2.17. The number of amides is 1. The van der Waals surface area contributed by atoms with Gasteiger partial charge in [-0.2, -0.15) is 0 Å². The van der Waals surface area contributed by atoms with Gasteiger partial charge in [-0.15, -0.1) is 0 Å². The number of carbonyl (C=O) groups is 1. The van der Waals surface area contributed by atoms with Crippen LogP contribution in [0.1, 0.15) is 37.7 Å². The van der Waals surface area contributed by atoms with Gasteiger partial charge in [0.25, 0.3) is 5.91 Å². The highest BCUT2D eigenvalue weighted by molar-refractivity contribution is 8.26. The number of carbonyl (C=O) groups excluding carboxylic acids is 1. The normalized spacial score (nSPS) is 20.6. The average molecular weight is 333 g/mol. The average Bonchev–Trinajstić information content (AvgIpc) is 3.11. The van der Waals surface area contributed by atoms with Crippen molar-refractivity contribution >= 4 is 40.3 Å². The van der Waals surface area contributed by atoms with E-state index in [1.54, 1.807) is 0 Å². The Kier molecular flexibility index (Phi) is 5.16. The van der Waals surface area contributed by atoms with Crippen molar-refractivity contribution in [2.24, 2.45) is 5.92 Å². The van der Waals surface area contributed by atoms with Crippen LogP contribution in [0.5, 0.6) is 5.75 Å². The molecule has 2 aliphatic rings. The maximum atomic E-state index is 11.6. The first-order valence-corrected chi connectivity index (χ1v) is 8.91. The molecular formula is C17H19NO2S2. The number of rotatable bonds is 5. The predicted octanol–water partition coefficient (Wildman–Crippen LogP) is 4.13. The third-order valence-corrected chi connectivity index (χ3v) is 5.25. The molecule has 22 heavy (non-hydrogen) atoms. The molecule has 0 atom stereocenters. The molecule has 1 aromatic rings. The minimum Gasteiger partial charge on any atom is -0.494 e. The molecule has 5 heteroatoms. The largest absolute Gasteiger partial charge is 0.494 e. The summed E-state index contributed by atoms with van der Waals surface area (Å²) < 4.78 is 6.32. The molecule has 0 radical (unpaired) electrons. The van der Waals surface area contributed by atoms with Gasteiger partial charge in [0.1, 0.15) is 10.1 Å². The SMILES string of the molecule is O=C1NC(=S)SC1=Cc1ccc(OCCC2CCCC2)cc1. The number of hydrogen-bond acceptors (Lipinski definition) is 4. The van der Waals surface area contributed by atoms with E-state index < -0.39 is 0 Å². The number of benzene rings is 1. The molecule has 0 aromatic heterocycles. The monoisotopic (exact) mass is 333 g/mol. The predicted molar refractivity (Wildman–Crippen MR) is 94.8 cm³/mol. The van der Waals surface area contributed by atoms with Gasteiger partial charge < -0.3 is 10.1 Å². The van der Waals surface area contributed by atoms with Crippen LogP contribution in [0.2, 0.25) is 0 Å². The fraction of sp³-hybridized carbons (Fsp3) is 0.412. The third kappa shape index (κ3) is 4.11. The summed E-state index contributed by atoms with van der Waals surface area (Å²) >= 11 is 6.27. The number of thiocarbonyl (C=S) groups is 1. The zero-order chi connectivity index (χ0) is 15.4. The zero-order valence-corrected chi connectivity index (χ0v) is 14.0. The third-order valence-electron chi connectivity index (χ3n) is 4.09. The van der Waals surface area contributed by atoms with Crippen LogP contribution in [0.25, 0.3) is 6.08 Å². The highest BCUT2D eigenvalue weighted by Gasteiger charge is 2.21. The molecule has 2 fully saturated rings. The second-order valence-corrected chi connectivity index (χ2v) is 7.43. The summed E-state index contributed by atoms with van der Waals surface area (Å²) in [5, 5.41) is 2.62. The molecule has 1 heterocycles. The minimum absolute atomic E-state index is 0.119. The Morgan fingerprint density at radius 1 is 1.27 bits per heavy atom. The first-order valence-electron chi connectivity index (χ1n) is 7.68. The van der Waals surface area contributed by atoms with Crippen LogP contribution in [0.15, 0.2) is 29.2 Å². The van der Waals surface area contributed by atoms with Crippen LogP contribution in [0.3, 0.4) is 0 Å². The quantitative estimate of drug-likeness (QED) is 0.649. The topological polar surface area (TPSA) is 38.3 Å². The van der Waals surface area contributed by atoms with Gasteiger partial charge >= 0.3 is 0 Å². The van der Waals surface area contributed by atoms with Crippen molar-refractivity contribution in [2.45, 2.75) is 32.1 Å². The van der Waals surface area contributed by atoms with E-state index in [0.29, 0.717) is 9.23 Å². The number of hydrogen-bond donors (Lipinski definition) is 1. The molecule has 1 aliphatic carbocycles. The van der Waals surface area contributed by atoms with Crippen molar-refractivity contribution in [3.63, 3.8) is 0 Å². The molecule has 3 nitrogen and oxygen atoms in total. The Bertz CT molecular complexity index is 589. The van der Waals surface area contributed by atoms with E-state index in [1.807, 2.05) is 30.3 Å². The second kappa shape index (κ2) is 7.29. The summed E-state index contributed by atoms with van der Waals surface area (Å²) in [5.74, 6) is 1.62. The molecule has 3 rings (SSSR count). The van der Waals surface area contributed by atoms with E-state index in [4.69, 9.17) is 17.0 Å². The molecule has 1 saturated heterocycles. The van der Waals surface area contributed by atoms with Crippen molar-refractivity contribution < 1.29 is 9.53 Å². The number of nitrogens with one attached hydrogen (secondary N) is 1. The zero-order valence-electron chi connectivity index (χ0n) is 12.3. The highest BCUT2D eigenvalue weighted by atomic mass is 32.2. The molecule has 1 N–H and O–H groups in total. The maximum absolute atomic E-state index is 11.6. The van der Waals surface area contributed by atoms with E-state index in [-0.39, 0.29) is 5.91 Å². The van der Waals surface area contributed by atoms with Crippen LogP contribution < -0.4 is 10.1 Å². The first-order chi connectivity index (χ1) is 10.7. The summed E-state index contributed by atoms with van der Waals surface area (Å²) in [6.45, 7) is 0.789. The fourth-order valence-electron chi connectivity index (χ4n) is 2.88. The van der Waals surface area contributed by atoms with Gasteiger partial charge in [-0.3, -0.25) is 4.79 Å². The van der Waals surface area contributed by atoms with E-state index in [2.05, 4.69) is 5.32 Å². The molecule has 1 saturated carbocycles. The lowest BCUT2D eigenvalue weighted by atomic mass is 10.1. The van der Waals surface area contributed by atoms with Gasteiger partial charge in [0, 0.05) is 0 Å². The molecule has 0 unspecified atom stereocenters. The van der Waals surface area contributed by atoms with Crippen LogP contribution in [0.4, 0.5) is 0 Å². The fourth-order valence-corrected chi connectivity index (χ4v) is 3.92. The lowest BCUT2D eigenvalue weighted by molar-refractivity contribution is -0.115. The molecule has 1 aliphatic heterocycles. The number of thioether (sulfide) groups is 1. The molecule has 1 amide bonds. The summed E-state index contributed by atoms with van der Waals surface area (Å²) in [4.78, 5) is 12.2. The highest BCUT2D eigenvalue weighted by Crippen LogP contribution is 2.28. The van der Waals surface area contributed by atoms with Gasteiger partial charge in [0.05, 0.1) is 11.5 Å². The van der Waals surface area contributed by atoms with Gasteiger partial charge in [0.2, 0.25) is 0 Å². The Hall–Kier alpha value is -1.33. The Balaban J connectivity index is 1.52. The van der Waals surface area contributed by atoms with Crippen molar-refractivity contribution in [1.82, 2.24) is 5.32 Å². The van der Waals surface area contributed by atoms with Crippen molar-refractivity contribution in [2.75, 3.05) is 6.61 Å². The lowest BCUT2D eigenvalue weighted by Gasteiger charge is -2.10. The Morgan fingerprint density at radius 2 is 2.00 bits per heavy atom. The second-order valence-electron chi connectivity index (χ2n) is 5.71. The molecule has 1 aromatic carbocycles. The summed E-state index contributed by atoms with van der Waals surface area (Å²) in [6, 6.07) is 7.84. The van der Waals surface area contributed by atoms with Crippen molar-refractivity contribution in [3.05, 3.63) is 34.7 Å². The van der Waals surface area contributed by atoms with Gasteiger partial charge in [0.15, 0.2) is 0 Å². The van der Waals surface area contributed by atoms with Crippen LogP contribution in [-0.4, -0.2) is 16.8 Å². The van der Waals surface area contributed by atoms with Crippen LogP contribution >= 0.6 is 24.0 Å². The minimum atomic E-state index is -0.119. The molecule has 116 valence electrons. The summed E-state index contributed by atoms with van der Waals surface area (Å²) in [7, 11) is 0.